The van der Waals surface area contributed by atoms with Gasteiger partial charge in [0.15, 0.2) is 0 Å². The topological polar surface area (TPSA) is 52.6 Å². The van der Waals surface area contributed by atoms with Gasteiger partial charge in [0.2, 0.25) is 5.79 Å². The Balaban J connectivity index is 2.78. The molecule has 0 bridgehead atoms. The monoisotopic (exact) mass is 158 g/mol. The lowest BCUT2D eigenvalue weighted by Crippen LogP contribution is -2.47. The third kappa shape index (κ3) is 1.57. The molecule has 1 fully saturated rings. The van der Waals surface area contributed by atoms with Gasteiger partial charge in [0.05, 0.1) is 0 Å². The summed E-state index contributed by atoms with van der Waals surface area (Å²) in [6.07, 6.45) is -0.689. The molecule has 4 heteroatoms. The zero-order chi connectivity index (χ0) is 8.65. The van der Waals surface area contributed by atoms with Crippen LogP contribution in [0.1, 0.15) is 20.8 Å². The molecule has 0 aliphatic carbocycles. The Bertz CT molecular complexity index is 206. The lowest BCUT2D eigenvalue weighted by molar-refractivity contribution is -0.246. The van der Waals surface area contributed by atoms with Crippen LogP contribution in [-0.4, -0.2) is 23.6 Å². The van der Waals surface area contributed by atoms with Gasteiger partial charge in [-0.05, 0) is 6.92 Å². The first-order valence-electron chi connectivity index (χ1n) is 3.37. The second-order valence-corrected chi connectivity index (χ2v) is 2.91. The predicted octanol–water partition coefficient (Wildman–Crippen LogP) is 0.253. The summed E-state index contributed by atoms with van der Waals surface area (Å²) >= 11 is 0. The summed E-state index contributed by atoms with van der Waals surface area (Å²) in [6.45, 7) is 4.71. The fourth-order valence-electron chi connectivity index (χ4n) is 0.943. The summed E-state index contributed by atoms with van der Waals surface area (Å²) in [6, 6.07) is 0. The molecule has 1 heterocycles. The van der Waals surface area contributed by atoms with E-state index < -0.39 is 23.6 Å². The maximum Gasteiger partial charge on any atom is 0.379 e. The number of carbonyl (C=O) groups excluding carboxylic acids is 2. The highest BCUT2D eigenvalue weighted by molar-refractivity contribution is 6.35. The van der Waals surface area contributed by atoms with Crippen LogP contribution in [0.3, 0.4) is 0 Å². The van der Waals surface area contributed by atoms with E-state index in [1.54, 1.807) is 13.8 Å². The zero-order valence-electron chi connectivity index (χ0n) is 6.71. The van der Waals surface area contributed by atoms with E-state index in [1.165, 1.54) is 6.92 Å². The van der Waals surface area contributed by atoms with Gasteiger partial charge in [-0.2, -0.15) is 0 Å². The molecule has 0 radical (unpaired) electrons. The third-order valence-corrected chi connectivity index (χ3v) is 1.37. The highest BCUT2D eigenvalue weighted by Crippen LogP contribution is 2.20. The first-order valence-corrected chi connectivity index (χ1v) is 3.37. The lowest BCUT2D eigenvalue weighted by atomic mass is 10.2. The molecule has 0 amide bonds. The van der Waals surface area contributed by atoms with E-state index in [0.717, 1.165) is 0 Å². The Morgan fingerprint density at radius 1 is 1.36 bits per heavy atom. The van der Waals surface area contributed by atoms with Gasteiger partial charge in [0, 0.05) is 13.8 Å². The summed E-state index contributed by atoms with van der Waals surface area (Å²) in [5, 5.41) is 0. The van der Waals surface area contributed by atoms with Gasteiger partial charge in [-0.25, -0.2) is 4.79 Å². The van der Waals surface area contributed by atoms with Crippen LogP contribution in [0.5, 0.6) is 0 Å². The van der Waals surface area contributed by atoms with Crippen molar-refractivity contribution in [1.82, 2.24) is 0 Å². The lowest BCUT2D eigenvalue weighted by Gasteiger charge is -2.32. The molecule has 0 spiro atoms. The van der Waals surface area contributed by atoms with Gasteiger partial charge in [0.25, 0.3) is 5.78 Å². The Hall–Kier alpha value is -0.900. The molecule has 1 atom stereocenters. The van der Waals surface area contributed by atoms with Gasteiger partial charge in [-0.1, -0.05) is 0 Å². The summed E-state index contributed by atoms with van der Waals surface area (Å²) in [5.74, 6) is -2.40. The minimum atomic E-state index is -0.968. The van der Waals surface area contributed by atoms with Crippen molar-refractivity contribution >= 4 is 11.8 Å². The van der Waals surface area contributed by atoms with E-state index in [0.29, 0.717) is 0 Å². The molecule has 0 saturated carbocycles. The number of carbonyl (C=O) groups is 2. The van der Waals surface area contributed by atoms with Crippen molar-refractivity contribution in [2.45, 2.75) is 32.7 Å². The van der Waals surface area contributed by atoms with Crippen molar-refractivity contribution in [3.63, 3.8) is 0 Å². The summed E-state index contributed by atoms with van der Waals surface area (Å²) in [5.41, 5.74) is 0. The predicted molar refractivity (Wildman–Crippen MR) is 35.7 cm³/mol. The van der Waals surface area contributed by atoms with Crippen molar-refractivity contribution in [3.8, 4) is 0 Å². The summed E-state index contributed by atoms with van der Waals surface area (Å²) < 4.78 is 9.71. The number of ether oxygens (including phenoxy) is 2. The molecule has 1 aliphatic rings. The van der Waals surface area contributed by atoms with Crippen LogP contribution < -0.4 is 0 Å². The average Bonchev–Trinajstić information content (AvgIpc) is 1.81. The molecule has 0 aromatic rings. The van der Waals surface area contributed by atoms with Crippen LogP contribution in [0.25, 0.3) is 0 Å². The molecular weight excluding hydrogens is 148 g/mol. The Morgan fingerprint density at radius 3 is 2.36 bits per heavy atom. The smallest absolute Gasteiger partial charge is 0.379 e. The van der Waals surface area contributed by atoms with Crippen LogP contribution >= 0.6 is 0 Å². The van der Waals surface area contributed by atoms with E-state index in [-0.39, 0.29) is 0 Å². The van der Waals surface area contributed by atoms with Crippen LogP contribution in [0, 0.1) is 0 Å². The number of esters is 1. The number of cyclic esters (lactones) is 1. The average molecular weight is 158 g/mol. The highest BCUT2D eigenvalue weighted by atomic mass is 16.7. The maximum atomic E-state index is 10.8. The van der Waals surface area contributed by atoms with Crippen LogP contribution in [0.4, 0.5) is 0 Å². The minimum absolute atomic E-state index is 0.621. The molecule has 4 nitrogen and oxygen atoms in total. The first kappa shape index (κ1) is 8.20. The maximum absolute atomic E-state index is 10.8. The van der Waals surface area contributed by atoms with Crippen LogP contribution in [-0.2, 0) is 19.1 Å². The number of hydrogen-bond donors (Lipinski definition) is 0. The number of ketones is 1. The van der Waals surface area contributed by atoms with Gasteiger partial charge >= 0.3 is 5.97 Å². The standard InChI is InChI=1S/C7H10O4/c1-4-5(8)6(9)11-7(2,3)10-4/h4H,1-3H3. The second kappa shape index (κ2) is 2.30. The van der Waals surface area contributed by atoms with Crippen molar-refractivity contribution in [1.29, 1.82) is 0 Å². The second-order valence-electron chi connectivity index (χ2n) is 2.91. The molecule has 1 saturated heterocycles. The fourth-order valence-corrected chi connectivity index (χ4v) is 0.943. The Kier molecular flexibility index (Phi) is 1.72. The van der Waals surface area contributed by atoms with Crippen molar-refractivity contribution in [2.24, 2.45) is 0 Å². The first-order chi connectivity index (χ1) is 4.92. The van der Waals surface area contributed by atoms with Crippen molar-refractivity contribution in [3.05, 3.63) is 0 Å². The molecule has 1 rings (SSSR count). The molecule has 1 unspecified atom stereocenters. The quantitative estimate of drug-likeness (QED) is 0.374. The highest BCUT2D eigenvalue weighted by Gasteiger charge is 2.39. The van der Waals surface area contributed by atoms with E-state index in [1.807, 2.05) is 0 Å². The Morgan fingerprint density at radius 2 is 1.91 bits per heavy atom. The molecule has 62 valence electrons. The van der Waals surface area contributed by atoms with E-state index in [9.17, 15) is 9.59 Å². The van der Waals surface area contributed by atoms with Gasteiger partial charge in [-0.15, -0.1) is 0 Å². The van der Waals surface area contributed by atoms with E-state index in [4.69, 9.17) is 4.74 Å². The molecule has 0 aromatic carbocycles. The molecule has 11 heavy (non-hydrogen) atoms. The Labute approximate surface area is 64.5 Å². The van der Waals surface area contributed by atoms with Gasteiger partial charge in [0.1, 0.15) is 6.10 Å². The molecule has 0 aromatic heterocycles. The van der Waals surface area contributed by atoms with Gasteiger partial charge < -0.3 is 9.47 Å². The normalized spacial score (nSPS) is 29.9. The SMILES string of the molecule is CC1OC(C)(C)OC(=O)C1=O. The van der Waals surface area contributed by atoms with E-state index >= 15 is 0 Å². The summed E-state index contributed by atoms with van der Waals surface area (Å²) in [7, 11) is 0. The van der Waals surface area contributed by atoms with Crippen molar-refractivity contribution in [2.75, 3.05) is 0 Å². The van der Waals surface area contributed by atoms with Crippen LogP contribution in [0.2, 0.25) is 0 Å². The molecule has 1 aliphatic heterocycles. The zero-order valence-corrected chi connectivity index (χ0v) is 6.71. The van der Waals surface area contributed by atoms with E-state index in [2.05, 4.69) is 4.74 Å². The molecular formula is C7H10O4. The largest absolute Gasteiger partial charge is 0.428 e. The number of hydrogen-bond acceptors (Lipinski definition) is 4. The number of Topliss-reactive ketones (excluding diaryl/α,β-unsaturated/α-hetero) is 1. The number of rotatable bonds is 0. The summed E-state index contributed by atoms with van der Waals surface area (Å²) in [4.78, 5) is 21.6. The van der Waals surface area contributed by atoms with Gasteiger partial charge in [-0.3, -0.25) is 4.79 Å². The van der Waals surface area contributed by atoms with Crippen LogP contribution in [0.15, 0.2) is 0 Å². The van der Waals surface area contributed by atoms with Crippen molar-refractivity contribution < 1.29 is 19.1 Å². The fraction of sp³-hybridized carbons (Fsp3) is 0.714. The molecule has 0 N–H and O–H groups in total. The third-order valence-electron chi connectivity index (χ3n) is 1.37. The minimum Gasteiger partial charge on any atom is -0.428 e.